The third-order valence-electron chi connectivity index (χ3n) is 4.25. The first-order chi connectivity index (χ1) is 11.1. The monoisotopic (exact) mass is 310 g/mol. The van der Waals surface area contributed by atoms with Crippen molar-refractivity contribution in [2.75, 3.05) is 6.54 Å². The molecule has 2 aromatic rings. The van der Waals surface area contributed by atoms with Crippen molar-refractivity contribution >= 4 is 11.9 Å². The van der Waals surface area contributed by atoms with E-state index in [0.717, 1.165) is 36.2 Å². The van der Waals surface area contributed by atoms with Crippen molar-refractivity contribution in [1.82, 2.24) is 9.88 Å². The largest absolute Gasteiger partial charge is 0.478 e. The molecule has 1 aliphatic heterocycles. The highest BCUT2D eigenvalue weighted by Gasteiger charge is 2.28. The first-order valence-electron chi connectivity index (χ1n) is 7.63. The van der Waals surface area contributed by atoms with Crippen LogP contribution in [-0.2, 0) is 4.79 Å². The lowest BCUT2D eigenvalue weighted by atomic mass is 10.0. The van der Waals surface area contributed by atoms with Crippen LogP contribution in [0.2, 0.25) is 0 Å². The summed E-state index contributed by atoms with van der Waals surface area (Å²) in [6, 6.07) is 10.7. The second-order valence-corrected chi connectivity index (χ2v) is 5.73. The zero-order chi connectivity index (χ0) is 16.4. The van der Waals surface area contributed by atoms with Gasteiger partial charge in [-0.3, -0.25) is 9.78 Å². The summed E-state index contributed by atoms with van der Waals surface area (Å²) in [5, 5.41) is 8.96. The number of aromatic nitrogens is 1. The Morgan fingerprint density at radius 3 is 2.61 bits per heavy atom. The number of likely N-dealkylation sites (tertiary alicyclic amines) is 1. The number of aromatic carboxylic acids is 1. The molecule has 1 N–H and O–H groups in total. The van der Waals surface area contributed by atoms with Crippen LogP contribution in [0.25, 0.3) is 11.3 Å². The van der Waals surface area contributed by atoms with Gasteiger partial charge in [0.25, 0.3) is 0 Å². The number of pyridine rings is 1. The van der Waals surface area contributed by atoms with Crippen LogP contribution in [0.1, 0.15) is 41.7 Å². The van der Waals surface area contributed by atoms with Crippen molar-refractivity contribution in [3.05, 3.63) is 53.7 Å². The van der Waals surface area contributed by atoms with E-state index in [1.807, 2.05) is 17.0 Å². The van der Waals surface area contributed by atoms with E-state index in [9.17, 15) is 9.59 Å². The van der Waals surface area contributed by atoms with E-state index in [-0.39, 0.29) is 17.5 Å². The first-order valence-corrected chi connectivity index (χ1v) is 7.63. The van der Waals surface area contributed by atoms with Crippen LogP contribution in [0, 0.1) is 0 Å². The van der Waals surface area contributed by atoms with Gasteiger partial charge in [0.1, 0.15) is 0 Å². The van der Waals surface area contributed by atoms with E-state index in [1.54, 1.807) is 37.4 Å². The molecule has 0 bridgehead atoms. The SMILES string of the molecule is CC(=O)N1CCC[C@H]1c1ccnc(-c2ccc(C(=O)O)cc2)c1. The molecular formula is C18H18N2O3. The molecular weight excluding hydrogens is 292 g/mol. The Balaban J connectivity index is 1.90. The van der Waals surface area contributed by atoms with E-state index in [1.165, 1.54) is 0 Å². The van der Waals surface area contributed by atoms with Crippen molar-refractivity contribution < 1.29 is 14.7 Å². The summed E-state index contributed by atoms with van der Waals surface area (Å²) in [4.78, 5) is 28.9. The van der Waals surface area contributed by atoms with Gasteiger partial charge in [0.15, 0.2) is 0 Å². The average molecular weight is 310 g/mol. The summed E-state index contributed by atoms with van der Waals surface area (Å²) in [7, 11) is 0. The summed E-state index contributed by atoms with van der Waals surface area (Å²) < 4.78 is 0. The summed E-state index contributed by atoms with van der Waals surface area (Å²) in [5.41, 5.74) is 2.98. The third-order valence-corrected chi connectivity index (χ3v) is 4.25. The molecule has 1 aromatic heterocycles. The highest BCUT2D eigenvalue weighted by atomic mass is 16.4. The fraction of sp³-hybridized carbons (Fsp3) is 0.278. The van der Waals surface area contributed by atoms with Gasteiger partial charge >= 0.3 is 5.97 Å². The Kier molecular flexibility index (Phi) is 4.10. The molecule has 23 heavy (non-hydrogen) atoms. The topological polar surface area (TPSA) is 70.5 Å². The van der Waals surface area contributed by atoms with Crippen LogP contribution in [-0.4, -0.2) is 33.4 Å². The Labute approximate surface area is 134 Å². The second kappa shape index (κ2) is 6.20. The molecule has 0 saturated carbocycles. The molecule has 1 aromatic carbocycles. The molecule has 1 saturated heterocycles. The summed E-state index contributed by atoms with van der Waals surface area (Å²) in [6.07, 6.45) is 3.71. The number of carbonyl (C=O) groups is 2. The Morgan fingerprint density at radius 1 is 1.22 bits per heavy atom. The number of carboxylic acid groups (broad SMARTS) is 1. The van der Waals surface area contributed by atoms with Crippen LogP contribution in [0.4, 0.5) is 0 Å². The fourth-order valence-electron chi connectivity index (χ4n) is 3.09. The van der Waals surface area contributed by atoms with Crippen LogP contribution < -0.4 is 0 Å². The molecule has 1 aliphatic rings. The molecule has 0 spiro atoms. The maximum Gasteiger partial charge on any atom is 0.335 e. The highest BCUT2D eigenvalue weighted by molar-refractivity contribution is 5.88. The number of hydrogen-bond donors (Lipinski definition) is 1. The quantitative estimate of drug-likeness (QED) is 0.945. The molecule has 0 aliphatic carbocycles. The lowest BCUT2D eigenvalue weighted by Crippen LogP contribution is -2.28. The number of carbonyl (C=O) groups excluding carboxylic acids is 1. The molecule has 1 fully saturated rings. The van der Waals surface area contributed by atoms with Crippen molar-refractivity contribution in [1.29, 1.82) is 0 Å². The van der Waals surface area contributed by atoms with Crippen molar-refractivity contribution in [3.8, 4) is 11.3 Å². The number of rotatable bonds is 3. The molecule has 0 unspecified atom stereocenters. The summed E-state index contributed by atoms with van der Waals surface area (Å²) >= 11 is 0. The van der Waals surface area contributed by atoms with Crippen molar-refractivity contribution in [2.45, 2.75) is 25.8 Å². The zero-order valence-electron chi connectivity index (χ0n) is 12.9. The van der Waals surface area contributed by atoms with Crippen LogP contribution in [0.5, 0.6) is 0 Å². The molecule has 5 heteroatoms. The molecule has 118 valence electrons. The van der Waals surface area contributed by atoms with Crippen molar-refractivity contribution in [3.63, 3.8) is 0 Å². The van der Waals surface area contributed by atoms with Gasteiger partial charge in [-0.25, -0.2) is 4.79 Å². The van der Waals surface area contributed by atoms with Crippen molar-refractivity contribution in [2.24, 2.45) is 0 Å². The molecule has 1 atom stereocenters. The minimum atomic E-state index is -0.943. The van der Waals surface area contributed by atoms with Gasteiger partial charge in [-0.05, 0) is 42.7 Å². The summed E-state index contributed by atoms with van der Waals surface area (Å²) in [6.45, 7) is 2.40. The lowest BCUT2D eigenvalue weighted by molar-refractivity contribution is -0.129. The minimum absolute atomic E-state index is 0.0941. The molecule has 3 rings (SSSR count). The van der Waals surface area contributed by atoms with Gasteiger partial charge < -0.3 is 10.0 Å². The van der Waals surface area contributed by atoms with Crippen LogP contribution in [0.15, 0.2) is 42.6 Å². The van der Waals surface area contributed by atoms with Gasteiger partial charge in [0.2, 0.25) is 5.91 Å². The van der Waals surface area contributed by atoms with E-state index >= 15 is 0 Å². The lowest BCUT2D eigenvalue weighted by Gasteiger charge is -2.23. The third kappa shape index (κ3) is 3.08. The van der Waals surface area contributed by atoms with E-state index in [4.69, 9.17) is 5.11 Å². The predicted octanol–water partition coefficient (Wildman–Crippen LogP) is 3.13. The number of hydrogen-bond acceptors (Lipinski definition) is 3. The Hall–Kier alpha value is -2.69. The standard InChI is InChI=1S/C18H18N2O3/c1-12(21)20-10-2-3-17(20)15-8-9-19-16(11-15)13-4-6-14(7-5-13)18(22)23/h4-9,11,17H,2-3,10H2,1H3,(H,22,23)/t17-/m0/s1. The minimum Gasteiger partial charge on any atom is -0.478 e. The molecule has 1 amide bonds. The van der Waals surface area contributed by atoms with Gasteiger partial charge in [-0.1, -0.05) is 12.1 Å². The van der Waals surface area contributed by atoms with E-state index in [0.29, 0.717) is 0 Å². The summed E-state index contributed by atoms with van der Waals surface area (Å²) in [5.74, 6) is -0.849. The van der Waals surface area contributed by atoms with E-state index in [2.05, 4.69) is 4.98 Å². The van der Waals surface area contributed by atoms with Gasteiger partial charge in [-0.15, -0.1) is 0 Å². The molecule has 2 heterocycles. The second-order valence-electron chi connectivity index (χ2n) is 5.73. The predicted molar refractivity (Wildman–Crippen MR) is 86.0 cm³/mol. The average Bonchev–Trinajstić information content (AvgIpc) is 3.05. The normalized spacial score (nSPS) is 17.3. The fourth-order valence-corrected chi connectivity index (χ4v) is 3.09. The van der Waals surface area contributed by atoms with Gasteiger partial charge in [-0.2, -0.15) is 0 Å². The molecule has 5 nitrogen and oxygen atoms in total. The maximum atomic E-state index is 11.7. The first kappa shape index (κ1) is 15.2. The number of benzene rings is 1. The van der Waals surface area contributed by atoms with Gasteiger partial charge in [0, 0.05) is 25.2 Å². The van der Waals surface area contributed by atoms with Crippen LogP contribution in [0.3, 0.4) is 0 Å². The maximum absolute atomic E-state index is 11.7. The number of carboxylic acids is 1. The van der Waals surface area contributed by atoms with Crippen LogP contribution >= 0.6 is 0 Å². The zero-order valence-corrected chi connectivity index (χ0v) is 12.9. The van der Waals surface area contributed by atoms with Gasteiger partial charge in [0.05, 0.1) is 17.3 Å². The molecule has 0 radical (unpaired) electrons. The Morgan fingerprint density at radius 2 is 1.96 bits per heavy atom. The highest BCUT2D eigenvalue weighted by Crippen LogP contribution is 2.33. The smallest absolute Gasteiger partial charge is 0.335 e. The number of amides is 1. The van der Waals surface area contributed by atoms with E-state index < -0.39 is 5.97 Å². The Bertz CT molecular complexity index is 740. The number of nitrogens with zero attached hydrogens (tertiary/aromatic N) is 2.